The number of halogens is 2. The minimum absolute atomic E-state index is 0.0483. The number of hydrogen-bond donors (Lipinski definition) is 1. The van der Waals surface area contributed by atoms with Gasteiger partial charge in [-0.15, -0.1) is 0 Å². The third kappa shape index (κ3) is 4.15. The van der Waals surface area contributed by atoms with E-state index in [1.807, 2.05) is 0 Å². The van der Waals surface area contributed by atoms with Gasteiger partial charge in [-0.3, -0.25) is 14.3 Å². The molecule has 0 aliphatic heterocycles. The van der Waals surface area contributed by atoms with Gasteiger partial charge in [0.1, 0.15) is 17.5 Å². The average Bonchev–Trinajstić information content (AvgIpc) is 2.63. The molecular weight excluding hydrogens is 404 g/mol. The fourth-order valence-electron chi connectivity index (χ4n) is 3.92. The van der Waals surface area contributed by atoms with E-state index in [0.29, 0.717) is 29.0 Å². The lowest BCUT2D eigenvalue weighted by Crippen LogP contribution is -2.48. The number of carbonyl (C=O) groups is 1. The third-order valence-electron chi connectivity index (χ3n) is 5.16. The topological polar surface area (TPSA) is 75.4 Å². The number of nitrogens with zero attached hydrogens (tertiary/aromatic N) is 3. The first-order valence-corrected chi connectivity index (χ1v) is 9.96. The molecule has 3 aromatic rings. The third-order valence-corrected chi connectivity index (χ3v) is 5.16. The van der Waals surface area contributed by atoms with Crippen molar-refractivity contribution in [3.63, 3.8) is 0 Å². The van der Waals surface area contributed by atoms with Crippen LogP contribution in [0, 0.1) is 18.6 Å². The second kappa shape index (κ2) is 8.09. The largest absolute Gasteiger partial charge is 0.465 e. The predicted octanol–water partition coefficient (Wildman–Crippen LogP) is 5.20. The number of amides is 1. The van der Waals surface area contributed by atoms with Crippen LogP contribution in [0.2, 0.25) is 0 Å². The molecule has 1 unspecified atom stereocenters. The smallest absolute Gasteiger partial charge is 0.408 e. The van der Waals surface area contributed by atoms with Gasteiger partial charge in [-0.2, -0.15) is 0 Å². The molecule has 0 fully saturated rings. The molecule has 1 atom stereocenters. The summed E-state index contributed by atoms with van der Waals surface area (Å²) < 4.78 is 29.2. The Bertz CT molecular complexity index is 1190. The minimum Gasteiger partial charge on any atom is -0.465 e. The normalized spacial score (nSPS) is 12.7. The molecule has 8 heteroatoms. The fourth-order valence-corrected chi connectivity index (χ4v) is 3.92. The lowest BCUT2D eigenvalue weighted by atomic mass is 10.0. The molecule has 0 radical (unpaired) electrons. The van der Waals surface area contributed by atoms with Gasteiger partial charge in [-0.05, 0) is 57.9 Å². The molecule has 1 heterocycles. The van der Waals surface area contributed by atoms with Crippen molar-refractivity contribution in [2.75, 3.05) is 0 Å². The Balaban J connectivity index is 2.47. The number of aryl methyl sites for hydroxylation is 1. The van der Waals surface area contributed by atoms with E-state index in [4.69, 9.17) is 0 Å². The molecule has 0 saturated heterocycles. The summed E-state index contributed by atoms with van der Waals surface area (Å²) in [5.41, 5.74) is -0.324. The van der Waals surface area contributed by atoms with Crippen LogP contribution in [0.5, 0.6) is 0 Å². The van der Waals surface area contributed by atoms with Crippen molar-refractivity contribution in [3.8, 4) is 5.69 Å². The molecule has 1 N–H and O–H groups in total. The lowest BCUT2D eigenvalue weighted by molar-refractivity contribution is 0.0646. The molecule has 1 amide bonds. The zero-order valence-electron chi connectivity index (χ0n) is 18.1. The van der Waals surface area contributed by atoms with E-state index in [9.17, 15) is 23.5 Å². The molecule has 0 spiro atoms. The van der Waals surface area contributed by atoms with Crippen LogP contribution in [-0.4, -0.2) is 31.2 Å². The van der Waals surface area contributed by atoms with Crippen LogP contribution >= 0.6 is 0 Å². The molecule has 3 rings (SSSR count). The van der Waals surface area contributed by atoms with Crippen LogP contribution in [-0.2, 0) is 0 Å². The van der Waals surface area contributed by atoms with E-state index in [0.717, 1.165) is 16.7 Å². The van der Waals surface area contributed by atoms with Crippen molar-refractivity contribution in [1.29, 1.82) is 0 Å². The Hall–Kier alpha value is -3.29. The summed E-state index contributed by atoms with van der Waals surface area (Å²) in [6.07, 6.45) is -0.889. The lowest BCUT2D eigenvalue weighted by Gasteiger charge is -2.39. The second-order valence-electron chi connectivity index (χ2n) is 8.45. The summed E-state index contributed by atoms with van der Waals surface area (Å²) in [7, 11) is 0. The quantitative estimate of drug-likeness (QED) is 0.618. The van der Waals surface area contributed by atoms with Crippen LogP contribution < -0.4 is 5.56 Å². The summed E-state index contributed by atoms with van der Waals surface area (Å²) >= 11 is 0. The first-order valence-electron chi connectivity index (χ1n) is 9.96. The van der Waals surface area contributed by atoms with Gasteiger partial charge in [-0.25, -0.2) is 18.6 Å². The molecule has 1 aromatic heterocycles. The first kappa shape index (κ1) is 22.4. The second-order valence-corrected chi connectivity index (χ2v) is 8.45. The van der Waals surface area contributed by atoms with E-state index in [2.05, 4.69) is 4.98 Å². The van der Waals surface area contributed by atoms with Crippen LogP contribution in [0.25, 0.3) is 16.6 Å². The summed E-state index contributed by atoms with van der Waals surface area (Å²) in [6.45, 7) is 8.73. The van der Waals surface area contributed by atoms with Gasteiger partial charge in [0.05, 0.1) is 22.6 Å². The monoisotopic (exact) mass is 429 g/mol. The van der Waals surface area contributed by atoms with Crippen molar-refractivity contribution < 1.29 is 18.7 Å². The number of carboxylic acid groups (broad SMARTS) is 1. The number of fused-ring (bicyclic) bond motifs is 1. The van der Waals surface area contributed by atoms with Gasteiger partial charge in [0.15, 0.2) is 0 Å². The molecule has 0 aliphatic carbocycles. The summed E-state index contributed by atoms with van der Waals surface area (Å²) in [5, 5.41) is 10.2. The fraction of sp³-hybridized carbons (Fsp3) is 0.348. The molecule has 164 valence electrons. The number of aromatic nitrogens is 2. The van der Waals surface area contributed by atoms with E-state index < -0.39 is 34.9 Å². The molecular formula is C23H25F2N3O3. The van der Waals surface area contributed by atoms with E-state index in [1.54, 1.807) is 52.8 Å². The number of benzene rings is 2. The number of rotatable bonds is 4. The summed E-state index contributed by atoms with van der Waals surface area (Å²) in [4.78, 5) is 31.6. The minimum atomic E-state index is -1.19. The van der Waals surface area contributed by atoms with Crippen LogP contribution in [0.4, 0.5) is 13.6 Å². The Labute approximate surface area is 178 Å². The zero-order chi connectivity index (χ0) is 23.1. The zero-order valence-corrected chi connectivity index (χ0v) is 18.1. The van der Waals surface area contributed by atoms with Crippen molar-refractivity contribution in [1.82, 2.24) is 14.5 Å². The SMILES string of the molecule is CCC(c1nc2cccc(C)c2c(=O)n1-c1cc(F)cc(F)c1)N(C(=O)O)C(C)(C)C. The van der Waals surface area contributed by atoms with E-state index in [-0.39, 0.29) is 11.5 Å². The molecule has 0 bridgehead atoms. The summed E-state index contributed by atoms with van der Waals surface area (Å²) in [6, 6.07) is 7.12. The Morgan fingerprint density at radius 1 is 1.19 bits per heavy atom. The predicted molar refractivity (Wildman–Crippen MR) is 115 cm³/mol. The maximum Gasteiger partial charge on any atom is 0.408 e. The highest BCUT2D eigenvalue weighted by Crippen LogP contribution is 2.32. The van der Waals surface area contributed by atoms with Gasteiger partial charge in [0.2, 0.25) is 0 Å². The number of hydrogen-bond acceptors (Lipinski definition) is 3. The van der Waals surface area contributed by atoms with E-state index in [1.165, 1.54) is 4.90 Å². The van der Waals surface area contributed by atoms with E-state index >= 15 is 0 Å². The highest BCUT2D eigenvalue weighted by atomic mass is 19.1. The van der Waals surface area contributed by atoms with Gasteiger partial charge >= 0.3 is 6.09 Å². The van der Waals surface area contributed by atoms with Crippen molar-refractivity contribution >= 4 is 17.0 Å². The van der Waals surface area contributed by atoms with Crippen LogP contribution in [0.3, 0.4) is 0 Å². The van der Waals surface area contributed by atoms with Crippen LogP contribution in [0.15, 0.2) is 41.2 Å². The first-order chi connectivity index (χ1) is 14.5. The Morgan fingerprint density at radius 2 is 1.81 bits per heavy atom. The van der Waals surface area contributed by atoms with Crippen molar-refractivity contribution in [2.45, 2.75) is 52.6 Å². The average molecular weight is 429 g/mol. The summed E-state index contributed by atoms with van der Waals surface area (Å²) in [5.74, 6) is -1.60. The standard InChI is InChI=1S/C23H25F2N3O3/c1-6-18(28(22(30)31)23(3,4)5)20-26-17-9-7-8-13(2)19(17)21(29)27(20)16-11-14(24)10-15(25)12-16/h7-12,18H,6H2,1-5H3,(H,30,31). The highest BCUT2D eigenvalue weighted by molar-refractivity contribution is 5.81. The Kier molecular flexibility index (Phi) is 5.85. The van der Waals surface area contributed by atoms with Crippen LogP contribution in [0.1, 0.15) is 51.5 Å². The van der Waals surface area contributed by atoms with Gasteiger partial charge < -0.3 is 5.11 Å². The molecule has 2 aromatic carbocycles. The van der Waals surface area contributed by atoms with Gasteiger partial charge in [-0.1, -0.05) is 19.1 Å². The van der Waals surface area contributed by atoms with Crippen molar-refractivity contribution in [3.05, 3.63) is 69.8 Å². The van der Waals surface area contributed by atoms with Crippen molar-refractivity contribution in [2.24, 2.45) is 0 Å². The highest BCUT2D eigenvalue weighted by Gasteiger charge is 2.36. The van der Waals surface area contributed by atoms with Gasteiger partial charge in [0, 0.05) is 11.6 Å². The Morgan fingerprint density at radius 3 is 2.32 bits per heavy atom. The molecule has 0 saturated carbocycles. The maximum atomic E-state index is 14.0. The molecule has 31 heavy (non-hydrogen) atoms. The molecule has 0 aliphatic rings. The molecule has 6 nitrogen and oxygen atoms in total. The van der Waals surface area contributed by atoms with Gasteiger partial charge in [0.25, 0.3) is 5.56 Å². The maximum absolute atomic E-state index is 14.0.